The molecule has 3 amide bonds. The van der Waals surface area contributed by atoms with E-state index < -0.39 is 35.7 Å². The van der Waals surface area contributed by atoms with Crippen LogP contribution in [0.1, 0.15) is 45.6 Å². The first-order valence-electron chi connectivity index (χ1n) is 10.6. The summed E-state index contributed by atoms with van der Waals surface area (Å²) in [5, 5.41) is 15.2. The fraction of sp³-hybridized carbons (Fsp3) is 0.545. The lowest BCUT2D eigenvalue weighted by Gasteiger charge is -2.24. The van der Waals surface area contributed by atoms with Crippen LogP contribution in [0.4, 0.5) is 9.59 Å². The minimum absolute atomic E-state index is 0.0956. The van der Waals surface area contributed by atoms with Crippen molar-refractivity contribution in [2.45, 2.75) is 58.3 Å². The summed E-state index contributed by atoms with van der Waals surface area (Å²) in [6.45, 7) is 5.23. The van der Waals surface area contributed by atoms with Crippen molar-refractivity contribution < 1.29 is 33.8 Å². The number of aliphatic carboxylic acids is 1. The van der Waals surface area contributed by atoms with Gasteiger partial charge in [0, 0.05) is 26.1 Å². The van der Waals surface area contributed by atoms with Gasteiger partial charge < -0.3 is 25.2 Å². The number of carbonyl (C=O) groups excluding carboxylic acids is 3. The third-order valence-electron chi connectivity index (χ3n) is 4.05. The van der Waals surface area contributed by atoms with Crippen molar-refractivity contribution >= 4 is 24.1 Å². The average Bonchev–Trinajstić information content (AvgIpc) is 2.68. The molecular weight excluding hydrogens is 432 g/mol. The number of nitrogens with zero attached hydrogens (tertiary/aromatic N) is 1. The van der Waals surface area contributed by atoms with Crippen LogP contribution in [0.15, 0.2) is 30.3 Å². The minimum atomic E-state index is -1.09. The normalized spacial score (nSPS) is 11.9. The number of carboxylic acids is 1. The van der Waals surface area contributed by atoms with E-state index in [1.165, 1.54) is 7.05 Å². The van der Waals surface area contributed by atoms with Crippen molar-refractivity contribution in [1.29, 1.82) is 0 Å². The fourth-order valence-electron chi connectivity index (χ4n) is 2.74. The van der Waals surface area contributed by atoms with Crippen molar-refractivity contribution in [2.75, 3.05) is 20.1 Å². The highest BCUT2D eigenvalue weighted by atomic mass is 16.6. The highest BCUT2D eigenvalue weighted by molar-refractivity contribution is 5.78. The second-order valence-corrected chi connectivity index (χ2v) is 8.46. The lowest BCUT2D eigenvalue weighted by Crippen LogP contribution is -2.46. The second-order valence-electron chi connectivity index (χ2n) is 8.46. The van der Waals surface area contributed by atoms with Gasteiger partial charge in [-0.3, -0.25) is 15.0 Å². The number of hydrogen-bond donors (Lipinski definition) is 4. The van der Waals surface area contributed by atoms with Crippen LogP contribution < -0.4 is 16.1 Å². The Morgan fingerprint density at radius 1 is 1.09 bits per heavy atom. The van der Waals surface area contributed by atoms with Gasteiger partial charge in [0.25, 0.3) is 0 Å². The van der Waals surface area contributed by atoms with Gasteiger partial charge in [0.2, 0.25) is 5.91 Å². The molecule has 184 valence electrons. The molecule has 11 nitrogen and oxygen atoms in total. The molecule has 33 heavy (non-hydrogen) atoms. The first-order valence-corrected chi connectivity index (χ1v) is 10.6. The zero-order chi connectivity index (χ0) is 24.9. The smallest absolute Gasteiger partial charge is 0.407 e. The second kappa shape index (κ2) is 13.9. The molecular formula is C22H34N4O7. The van der Waals surface area contributed by atoms with Gasteiger partial charge in [-0.05, 0) is 39.2 Å². The molecule has 0 aliphatic heterocycles. The number of nitrogens with one attached hydrogen (secondary N) is 3. The van der Waals surface area contributed by atoms with Crippen molar-refractivity contribution in [3.8, 4) is 0 Å². The summed E-state index contributed by atoms with van der Waals surface area (Å²) in [4.78, 5) is 47.0. The first kappa shape index (κ1) is 27.7. The van der Waals surface area contributed by atoms with Crippen molar-refractivity contribution in [2.24, 2.45) is 0 Å². The molecule has 0 heterocycles. The van der Waals surface area contributed by atoms with Gasteiger partial charge in [-0.1, -0.05) is 30.3 Å². The van der Waals surface area contributed by atoms with E-state index in [4.69, 9.17) is 14.6 Å². The molecule has 0 fully saturated rings. The average molecular weight is 467 g/mol. The van der Waals surface area contributed by atoms with Crippen LogP contribution in [0.5, 0.6) is 0 Å². The van der Waals surface area contributed by atoms with E-state index in [-0.39, 0.29) is 26.1 Å². The number of alkyl carbamates (subject to hydrolysis) is 2. The summed E-state index contributed by atoms with van der Waals surface area (Å²) in [6.07, 6.45) is -0.507. The fourth-order valence-corrected chi connectivity index (χ4v) is 2.74. The molecule has 11 heteroatoms. The SMILES string of the molecule is CN(CC(=O)O)NC(=O)CC(CCCNC(=O)OCc1ccccc1)NC(=O)OC(C)(C)C. The summed E-state index contributed by atoms with van der Waals surface area (Å²) in [5.74, 6) is -1.55. The van der Waals surface area contributed by atoms with Crippen molar-refractivity contribution in [3.05, 3.63) is 35.9 Å². The van der Waals surface area contributed by atoms with Gasteiger partial charge in [-0.15, -0.1) is 0 Å². The maximum absolute atomic E-state index is 12.2. The minimum Gasteiger partial charge on any atom is -0.480 e. The topological polar surface area (TPSA) is 146 Å². The van der Waals surface area contributed by atoms with E-state index in [9.17, 15) is 19.2 Å². The number of benzene rings is 1. The summed E-state index contributed by atoms with van der Waals surface area (Å²) < 4.78 is 10.4. The Bertz CT molecular complexity index is 781. The summed E-state index contributed by atoms with van der Waals surface area (Å²) in [6, 6.07) is 8.68. The summed E-state index contributed by atoms with van der Waals surface area (Å²) in [5.41, 5.74) is 2.60. The van der Waals surface area contributed by atoms with Crippen molar-refractivity contribution in [1.82, 2.24) is 21.1 Å². The van der Waals surface area contributed by atoms with E-state index in [0.717, 1.165) is 10.6 Å². The van der Waals surface area contributed by atoms with Crippen LogP contribution in [-0.2, 0) is 25.7 Å². The predicted molar refractivity (Wildman–Crippen MR) is 120 cm³/mol. The number of rotatable bonds is 12. The van der Waals surface area contributed by atoms with Crippen LogP contribution in [0.3, 0.4) is 0 Å². The summed E-state index contributed by atoms with van der Waals surface area (Å²) in [7, 11) is 1.42. The molecule has 0 aliphatic carbocycles. The standard InChI is InChI=1S/C22H34N4O7/c1-22(2,3)33-21(31)24-17(13-18(27)25-26(4)14-19(28)29)11-8-12-23-20(30)32-15-16-9-6-5-7-10-16/h5-7,9-10,17H,8,11-15H2,1-4H3,(H,23,30)(H,24,31)(H,25,27)(H,28,29). The predicted octanol–water partition coefficient (Wildman–Crippen LogP) is 2.02. The van der Waals surface area contributed by atoms with Gasteiger partial charge in [0.1, 0.15) is 18.8 Å². The zero-order valence-electron chi connectivity index (χ0n) is 19.6. The number of carboxylic acid groups (broad SMARTS) is 1. The molecule has 0 spiro atoms. The third kappa shape index (κ3) is 14.4. The quantitative estimate of drug-likeness (QED) is 0.270. The van der Waals surface area contributed by atoms with Gasteiger partial charge in [-0.25, -0.2) is 14.6 Å². The first-order chi connectivity index (χ1) is 15.4. The van der Waals surface area contributed by atoms with E-state index in [1.807, 2.05) is 30.3 Å². The molecule has 0 aromatic heterocycles. The van der Waals surface area contributed by atoms with Crippen LogP contribution in [0.2, 0.25) is 0 Å². The molecule has 0 saturated heterocycles. The van der Waals surface area contributed by atoms with E-state index in [2.05, 4.69) is 16.1 Å². The Morgan fingerprint density at radius 3 is 2.36 bits per heavy atom. The maximum atomic E-state index is 12.2. The molecule has 1 unspecified atom stereocenters. The lowest BCUT2D eigenvalue weighted by molar-refractivity contribution is -0.139. The van der Waals surface area contributed by atoms with E-state index in [1.54, 1.807) is 20.8 Å². The molecule has 0 aliphatic rings. The van der Waals surface area contributed by atoms with E-state index >= 15 is 0 Å². The maximum Gasteiger partial charge on any atom is 0.407 e. The Morgan fingerprint density at radius 2 is 1.76 bits per heavy atom. The summed E-state index contributed by atoms with van der Waals surface area (Å²) >= 11 is 0. The number of ether oxygens (including phenoxy) is 2. The highest BCUT2D eigenvalue weighted by Crippen LogP contribution is 2.09. The highest BCUT2D eigenvalue weighted by Gasteiger charge is 2.22. The van der Waals surface area contributed by atoms with Crippen LogP contribution >= 0.6 is 0 Å². The van der Waals surface area contributed by atoms with Crippen LogP contribution in [0, 0.1) is 0 Å². The number of hydrazine groups is 1. The van der Waals surface area contributed by atoms with Gasteiger partial charge in [-0.2, -0.15) is 0 Å². The number of hydrogen-bond acceptors (Lipinski definition) is 7. The zero-order valence-corrected chi connectivity index (χ0v) is 19.6. The Balaban J connectivity index is 2.49. The van der Waals surface area contributed by atoms with Gasteiger partial charge >= 0.3 is 18.2 Å². The number of carbonyl (C=O) groups is 4. The molecule has 0 bridgehead atoms. The molecule has 0 saturated carbocycles. The monoisotopic (exact) mass is 466 g/mol. The largest absolute Gasteiger partial charge is 0.480 e. The molecule has 1 rings (SSSR count). The van der Waals surface area contributed by atoms with Gasteiger partial charge in [0.15, 0.2) is 0 Å². The van der Waals surface area contributed by atoms with E-state index in [0.29, 0.717) is 12.8 Å². The Labute approximate surface area is 193 Å². The Hall–Kier alpha value is -3.34. The van der Waals surface area contributed by atoms with Crippen LogP contribution in [-0.4, -0.2) is 66.0 Å². The number of likely N-dealkylation sites (N-methyl/N-ethyl adjacent to an activating group) is 1. The molecule has 1 aromatic carbocycles. The number of amides is 3. The third-order valence-corrected chi connectivity index (χ3v) is 4.05. The lowest BCUT2D eigenvalue weighted by atomic mass is 10.1. The molecule has 0 radical (unpaired) electrons. The molecule has 1 atom stereocenters. The molecule has 1 aromatic rings. The molecule has 4 N–H and O–H groups in total. The Kier molecular flexibility index (Phi) is 11.7. The van der Waals surface area contributed by atoms with Crippen molar-refractivity contribution in [3.63, 3.8) is 0 Å². The van der Waals surface area contributed by atoms with Gasteiger partial charge in [0.05, 0.1) is 0 Å². The van der Waals surface area contributed by atoms with Crippen LogP contribution in [0.25, 0.3) is 0 Å².